The molecule has 0 spiro atoms. The molecule has 0 saturated carbocycles. The molecule has 1 fully saturated rings. The molecule has 0 atom stereocenters. The van der Waals surface area contributed by atoms with Gasteiger partial charge in [0.15, 0.2) is 0 Å². The van der Waals surface area contributed by atoms with Crippen molar-refractivity contribution in [2.24, 2.45) is 0 Å². The first kappa shape index (κ1) is 11.5. The number of aromatic nitrogens is 1. The molecule has 0 amide bonds. The Hall–Kier alpha value is -1.61. The van der Waals surface area contributed by atoms with Crippen LogP contribution in [0.25, 0.3) is 10.9 Å². The van der Waals surface area contributed by atoms with E-state index < -0.39 is 0 Å². The quantitative estimate of drug-likeness (QED) is 0.892. The van der Waals surface area contributed by atoms with Gasteiger partial charge in [0.25, 0.3) is 0 Å². The van der Waals surface area contributed by atoms with Crippen molar-refractivity contribution in [1.82, 2.24) is 9.88 Å². The molecule has 1 aliphatic rings. The van der Waals surface area contributed by atoms with Gasteiger partial charge >= 0.3 is 0 Å². The van der Waals surface area contributed by atoms with E-state index in [9.17, 15) is 0 Å². The highest BCUT2D eigenvalue weighted by Gasteiger charge is 2.10. The first-order chi connectivity index (χ1) is 8.93. The Bertz CT molecular complexity index is 513. The lowest BCUT2D eigenvalue weighted by atomic mass is 10.2. The number of fused-ring (bicyclic) bond motifs is 1. The maximum atomic E-state index is 4.38. The van der Waals surface area contributed by atoms with E-state index >= 15 is 0 Å². The number of hydrogen-bond acceptors (Lipinski definition) is 3. The highest BCUT2D eigenvalue weighted by Crippen LogP contribution is 2.21. The zero-order chi connectivity index (χ0) is 12.2. The fraction of sp³-hybridized carbons (Fsp3) is 0.400. The van der Waals surface area contributed by atoms with Gasteiger partial charge < -0.3 is 10.2 Å². The fourth-order valence-corrected chi connectivity index (χ4v) is 2.61. The van der Waals surface area contributed by atoms with Gasteiger partial charge in [-0.1, -0.05) is 6.07 Å². The molecule has 2 aromatic rings. The maximum absolute atomic E-state index is 4.38. The van der Waals surface area contributed by atoms with Crippen LogP contribution in [-0.2, 0) is 0 Å². The number of rotatable bonds is 4. The summed E-state index contributed by atoms with van der Waals surface area (Å²) < 4.78 is 0. The molecule has 0 radical (unpaired) electrons. The Morgan fingerprint density at radius 1 is 1.11 bits per heavy atom. The Morgan fingerprint density at radius 2 is 2.00 bits per heavy atom. The van der Waals surface area contributed by atoms with Gasteiger partial charge in [-0.15, -0.1) is 0 Å². The minimum atomic E-state index is 1.01. The summed E-state index contributed by atoms with van der Waals surface area (Å²) in [6.07, 6.45) is 4.56. The van der Waals surface area contributed by atoms with Crippen molar-refractivity contribution in [3.05, 3.63) is 36.5 Å². The topological polar surface area (TPSA) is 28.2 Å². The standard InChI is InChI=1S/C15H19N3/c1-2-11-18(10-1)12-9-17-15-7-3-6-14-13(15)5-4-8-16-14/h3-8,17H,1-2,9-12H2. The van der Waals surface area contributed by atoms with Gasteiger partial charge in [-0.05, 0) is 50.2 Å². The predicted molar refractivity (Wildman–Crippen MR) is 75.9 cm³/mol. The van der Waals surface area contributed by atoms with Crippen molar-refractivity contribution < 1.29 is 0 Å². The van der Waals surface area contributed by atoms with Crippen LogP contribution in [0.2, 0.25) is 0 Å². The second-order valence-corrected chi connectivity index (χ2v) is 4.85. The largest absolute Gasteiger partial charge is 0.383 e. The van der Waals surface area contributed by atoms with Crippen LogP contribution < -0.4 is 5.32 Å². The molecule has 0 unspecified atom stereocenters. The smallest absolute Gasteiger partial charge is 0.0722 e. The van der Waals surface area contributed by atoms with Crippen LogP contribution in [0, 0.1) is 0 Å². The van der Waals surface area contributed by atoms with Crippen LogP contribution >= 0.6 is 0 Å². The van der Waals surface area contributed by atoms with Crippen LogP contribution in [-0.4, -0.2) is 36.1 Å². The molecule has 1 N–H and O–H groups in total. The van der Waals surface area contributed by atoms with E-state index in [1.54, 1.807) is 0 Å². The molecule has 1 aromatic heterocycles. The number of benzene rings is 1. The van der Waals surface area contributed by atoms with Crippen molar-refractivity contribution in [2.45, 2.75) is 12.8 Å². The summed E-state index contributed by atoms with van der Waals surface area (Å²) >= 11 is 0. The third-order valence-electron chi connectivity index (χ3n) is 3.59. The minimum Gasteiger partial charge on any atom is -0.383 e. The van der Waals surface area contributed by atoms with Crippen LogP contribution in [0.3, 0.4) is 0 Å². The van der Waals surface area contributed by atoms with E-state index in [0.29, 0.717) is 0 Å². The molecule has 18 heavy (non-hydrogen) atoms. The average Bonchev–Trinajstić information content (AvgIpc) is 2.92. The number of nitrogens with zero attached hydrogens (tertiary/aromatic N) is 2. The predicted octanol–water partition coefficient (Wildman–Crippen LogP) is 2.74. The van der Waals surface area contributed by atoms with E-state index in [4.69, 9.17) is 0 Å². The molecule has 2 heterocycles. The van der Waals surface area contributed by atoms with E-state index in [-0.39, 0.29) is 0 Å². The zero-order valence-corrected chi connectivity index (χ0v) is 10.6. The minimum absolute atomic E-state index is 1.01. The highest BCUT2D eigenvalue weighted by molar-refractivity contribution is 5.91. The lowest BCUT2D eigenvalue weighted by molar-refractivity contribution is 0.353. The van der Waals surface area contributed by atoms with Crippen LogP contribution in [0.4, 0.5) is 5.69 Å². The molecule has 94 valence electrons. The Labute approximate surface area is 108 Å². The average molecular weight is 241 g/mol. The number of pyridine rings is 1. The molecule has 0 aliphatic carbocycles. The Morgan fingerprint density at radius 3 is 2.89 bits per heavy atom. The molecule has 1 aromatic carbocycles. The van der Waals surface area contributed by atoms with Crippen LogP contribution in [0.5, 0.6) is 0 Å². The van der Waals surface area contributed by atoms with Crippen molar-refractivity contribution in [3.63, 3.8) is 0 Å². The Balaban J connectivity index is 1.66. The summed E-state index contributed by atoms with van der Waals surface area (Å²) in [6, 6.07) is 10.4. The zero-order valence-electron chi connectivity index (χ0n) is 10.6. The van der Waals surface area contributed by atoms with Crippen molar-refractivity contribution in [3.8, 4) is 0 Å². The van der Waals surface area contributed by atoms with Crippen LogP contribution in [0.15, 0.2) is 36.5 Å². The summed E-state index contributed by atoms with van der Waals surface area (Å²) in [4.78, 5) is 6.90. The molecule has 1 aliphatic heterocycles. The molecule has 1 saturated heterocycles. The Kier molecular flexibility index (Phi) is 3.42. The molecular weight excluding hydrogens is 222 g/mol. The van der Waals surface area contributed by atoms with Gasteiger partial charge in [0.1, 0.15) is 0 Å². The normalized spacial score (nSPS) is 16.2. The summed E-state index contributed by atoms with van der Waals surface area (Å²) in [5.41, 5.74) is 2.25. The first-order valence-electron chi connectivity index (χ1n) is 6.73. The van der Waals surface area contributed by atoms with E-state index in [0.717, 1.165) is 18.6 Å². The maximum Gasteiger partial charge on any atom is 0.0722 e. The van der Waals surface area contributed by atoms with Gasteiger partial charge in [0, 0.05) is 30.4 Å². The number of hydrogen-bond donors (Lipinski definition) is 1. The number of likely N-dealkylation sites (tertiary alicyclic amines) is 1. The molecular formula is C15H19N3. The fourth-order valence-electron chi connectivity index (χ4n) is 2.61. The summed E-state index contributed by atoms with van der Waals surface area (Å²) in [5, 5.41) is 4.74. The molecule has 0 bridgehead atoms. The number of nitrogens with one attached hydrogen (secondary N) is 1. The summed E-state index contributed by atoms with van der Waals surface area (Å²) in [5.74, 6) is 0. The lowest BCUT2D eigenvalue weighted by Crippen LogP contribution is -2.25. The SMILES string of the molecule is c1cc(NCCN2CCCC2)c2cccnc2c1. The van der Waals surface area contributed by atoms with Crippen molar-refractivity contribution >= 4 is 16.6 Å². The van der Waals surface area contributed by atoms with Gasteiger partial charge in [-0.2, -0.15) is 0 Å². The van der Waals surface area contributed by atoms with Crippen LogP contribution in [0.1, 0.15) is 12.8 Å². The second kappa shape index (κ2) is 5.36. The van der Waals surface area contributed by atoms with Gasteiger partial charge in [0.05, 0.1) is 5.52 Å². The van der Waals surface area contributed by atoms with Gasteiger partial charge in [-0.25, -0.2) is 0 Å². The van der Waals surface area contributed by atoms with Gasteiger partial charge in [0.2, 0.25) is 0 Å². The van der Waals surface area contributed by atoms with Crippen molar-refractivity contribution in [2.75, 3.05) is 31.5 Å². The summed E-state index contributed by atoms with van der Waals surface area (Å²) in [7, 11) is 0. The molecule has 3 nitrogen and oxygen atoms in total. The summed E-state index contributed by atoms with van der Waals surface area (Å²) in [6.45, 7) is 4.67. The first-order valence-corrected chi connectivity index (χ1v) is 6.73. The monoisotopic (exact) mass is 241 g/mol. The highest BCUT2D eigenvalue weighted by atomic mass is 15.1. The molecule has 3 heteroatoms. The van der Waals surface area contributed by atoms with Crippen molar-refractivity contribution in [1.29, 1.82) is 0 Å². The van der Waals surface area contributed by atoms with E-state index in [1.807, 2.05) is 12.3 Å². The third kappa shape index (κ3) is 2.46. The van der Waals surface area contributed by atoms with E-state index in [1.165, 1.54) is 37.0 Å². The second-order valence-electron chi connectivity index (χ2n) is 4.85. The number of anilines is 1. The lowest BCUT2D eigenvalue weighted by Gasteiger charge is -2.16. The third-order valence-corrected chi connectivity index (χ3v) is 3.59. The molecule has 3 rings (SSSR count). The van der Waals surface area contributed by atoms with E-state index in [2.05, 4.69) is 39.5 Å². The van der Waals surface area contributed by atoms with Gasteiger partial charge in [-0.3, -0.25) is 4.98 Å².